The number of halogens is 2. The first kappa shape index (κ1) is 20.5. The van der Waals surface area contributed by atoms with Gasteiger partial charge in [-0.3, -0.25) is 9.69 Å². The molecule has 1 amide bonds. The zero-order valence-electron chi connectivity index (χ0n) is 15.9. The van der Waals surface area contributed by atoms with Gasteiger partial charge in [0.25, 0.3) is 5.91 Å². The lowest BCUT2D eigenvalue weighted by atomic mass is 9.86. The summed E-state index contributed by atoms with van der Waals surface area (Å²) in [5.74, 6) is -0.345. The Morgan fingerprint density at radius 1 is 1.26 bits per heavy atom. The number of hydrogen-bond acceptors (Lipinski definition) is 4. The van der Waals surface area contributed by atoms with E-state index in [2.05, 4.69) is 16.8 Å². The van der Waals surface area contributed by atoms with Gasteiger partial charge >= 0.3 is 0 Å². The lowest BCUT2D eigenvalue weighted by Gasteiger charge is -2.46. The van der Waals surface area contributed by atoms with Crippen LogP contribution in [0.5, 0.6) is 0 Å². The number of likely N-dealkylation sites (N-methyl/N-ethyl adjacent to an activating group) is 1. The summed E-state index contributed by atoms with van der Waals surface area (Å²) in [5, 5.41) is 9.57. The Hall–Kier alpha value is -1.21. The SMILES string of the molecule is CN1CCN(C2CCN(C(=O)c3cc(F)ccc3Cl)CC2CCCO)CC1. The maximum absolute atomic E-state index is 13.6. The van der Waals surface area contributed by atoms with Crippen LogP contribution in [0, 0.1) is 11.7 Å². The fraction of sp³-hybridized carbons (Fsp3) is 0.650. The Morgan fingerprint density at radius 2 is 2.00 bits per heavy atom. The van der Waals surface area contributed by atoms with Crippen LogP contribution in [0.2, 0.25) is 5.02 Å². The first-order valence-corrected chi connectivity index (χ1v) is 10.1. The molecule has 3 rings (SSSR count). The van der Waals surface area contributed by atoms with Gasteiger partial charge in [0.2, 0.25) is 0 Å². The van der Waals surface area contributed by atoms with Gasteiger partial charge in [0, 0.05) is 51.9 Å². The van der Waals surface area contributed by atoms with Crippen molar-refractivity contribution in [1.29, 1.82) is 0 Å². The number of piperidine rings is 1. The van der Waals surface area contributed by atoms with Gasteiger partial charge in [-0.05, 0) is 50.4 Å². The molecule has 0 bridgehead atoms. The highest BCUT2D eigenvalue weighted by molar-refractivity contribution is 6.33. The van der Waals surface area contributed by atoms with Crippen LogP contribution in [0.3, 0.4) is 0 Å². The number of hydrogen-bond donors (Lipinski definition) is 1. The number of rotatable bonds is 5. The summed E-state index contributed by atoms with van der Waals surface area (Å²) in [4.78, 5) is 19.6. The zero-order valence-corrected chi connectivity index (χ0v) is 16.7. The van der Waals surface area contributed by atoms with Crippen molar-refractivity contribution in [3.05, 3.63) is 34.6 Å². The minimum Gasteiger partial charge on any atom is -0.396 e. The molecule has 0 aliphatic carbocycles. The smallest absolute Gasteiger partial charge is 0.255 e. The molecule has 150 valence electrons. The van der Waals surface area contributed by atoms with Crippen molar-refractivity contribution >= 4 is 17.5 Å². The van der Waals surface area contributed by atoms with Crippen molar-refractivity contribution in [2.45, 2.75) is 25.3 Å². The molecule has 7 heteroatoms. The maximum Gasteiger partial charge on any atom is 0.255 e. The Morgan fingerprint density at radius 3 is 2.70 bits per heavy atom. The number of amides is 1. The molecule has 0 aromatic heterocycles. The molecule has 2 atom stereocenters. The minimum absolute atomic E-state index is 0.162. The number of aliphatic hydroxyl groups is 1. The highest BCUT2D eigenvalue weighted by Crippen LogP contribution is 2.29. The fourth-order valence-corrected chi connectivity index (χ4v) is 4.51. The number of carbonyl (C=O) groups excluding carboxylic acids is 1. The van der Waals surface area contributed by atoms with Crippen molar-refractivity contribution in [2.24, 2.45) is 5.92 Å². The van der Waals surface area contributed by atoms with Crippen molar-refractivity contribution < 1.29 is 14.3 Å². The van der Waals surface area contributed by atoms with Crippen LogP contribution in [0.25, 0.3) is 0 Å². The van der Waals surface area contributed by atoms with Gasteiger partial charge in [-0.15, -0.1) is 0 Å². The number of benzene rings is 1. The van der Waals surface area contributed by atoms with Crippen LogP contribution in [0.15, 0.2) is 18.2 Å². The normalized spacial score (nSPS) is 25.0. The molecule has 2 aliphatic rings. The van der Waals surface area contributed by atoms with Crippen molar-refractivity contribution in [3.8, 4) is 0 Å². The molecule has 2 aliphatic heterocycles. The molecule has 1 aromatic rings. The molecule has 27 heavy (non-hydrogen) atoms. The first-order chi connectivity index (χ1) is 13.0. The third-order valence-corrected chi connectivity index (χ3v) is 6.21. The highest BCUT2D eigenvalue weighted by Gasteiger charge is 2.36. The largest absolute Gasteiger partial charge is 0.396 e. The fourth-order valence-electron chi connectivity index (χ4n) is 4.31. The number of aliphatic hydroxyl groups excluding tert-OH is 1. The summed E-state index contributed by atoms with van der Waals surface area (Å²) < 4.78 is 13.6. The van der Waals surface area contributed by atoms with Crippen molar-refractivity contribution in [3.63, 3.8) is 0 Å². The Kier molecular flexibility index (Phi) is 7.09. The molecule has 1 N–H and O–H groups in total. The Balaban J connectivity index is 1.71. The third kappa shape index (κ3) is 4.99. The topological polar surface area (TPSA) is 47.0 Å². The third-order valence-electron chi connectivity index (χ3n) is 5.88. The molecule has 5 nitrogen and oxygen atoms in total. The zero-order chi connectivity index (χ0) is 19.4. The lowest BCUT2D eigenvalue weighted by molar-refractivity contribution is 0.0218. The van der Waals surface area contributed by atoms with E-state index in [1.165, 1.54) is 18.2 Å². The molecule has 2 heterocycles. The van der Waals surface area contributed by atoms with E-state index in [1.54, 1.807) is 4.90 Å². The highest BCUT2D eigenvalue weighted by atomic mass is 35.5. The molecular formula is C20H29ClFN3O2. The first-order valence-electron chi connectivity index (χ1n) is 9.77. The van der Waals surface area contributed by atoms with Crippen LogP contribution >= 0.6 is 11.6 Å². The van der Waals surface area contributed by atoms with E-state index < -0.39 is 5.82 Å². The summed E-state index contributed by atoms with van der Waals surface area (Å²) in [6, 6.07) is 4.35. The molecule has 0 radical (unpaired) electrons. The number of likely N-dealkylation sites (tertiary alicyclic amines) is 1. The van der Waals surface area contributed by atoms with E-state index in [4.69, 9.17) is 11.6 Å². The number of carbonyl (C=O) groups is 1. The quantitative estimate of drug-likeness (QED) is 0.828. The summed E-state index contributed by atoms with van der Waals surface area (Å²) in [6.07, 6.45) is 2.52. The second-order valence-corrected chi connectivity index (χ2v) is 8.10. The van der Waals surface area contributed by atoms with E-state index in [1.807, 2.05) is 0 Å². The van der Waals surface area contributed by atoms with Crippen molar-refractivity contribution in [2.75, 3.05) is 52.9 Å². The second kappa shape index (κ2) is 9.32. The van der Waals surface area contributed by atoms with Crippen LogP contribution in [-0.2, 0) is 0 Å². The summed E-state index contributed by atoms with van der Waals surface area (Å²) in [7, 11) is 2.14. The van der Waals surface area contributed by atoms with Crippen molar-refractivity contribution in [1.82, 2.24) is 14.7 Å². The van der Waals surface area contributed by atoms with E-state index in [-0.39, 0.29) is 23.1 Å². The summed E-state index contributed by atoms with van der Waals surface area (Å²) in [6.45, 7) is 5.65. The Labute approximate surface area is 165 Å². The molecular weight excluding hydrogens is 369 g/mol. The van der Waals surface area contributed by atoms with Gasteiger partial charge < -0.3 is 14.9 Å². The molecule has 2 fully saturated rings. The van der Waals surface area contributed by atoms with Gasteiger partial charge in [-0.25, -0.2) is 4.39 Å². The monoisotopic (exact) mass is 397 g/mol. The average Bonchev–Trinajstić information content (AvgIpc) is 2.68. The minimum atomic E-state index is -0.452. The molecule has 1 aromatic carbocycles. The molecule has 2 unspecified atom stereocenters. The van der Waals surface area contributed by atoms with Gasteiger partial charge in [-0.2, -0.15) is 0 Å². The predicted molar refractivity (Wildman–Crippen MR) is 105 cm³/mol. The van der Waals surface area contributed by atoms with E-state index in [0.717, 1.165) is 45.4 Å². The molecule has 0 saturated carbocycles. The predicted octanol–water partition coefficient (Wildman–Crippen LogP) is 2.33. The van der Waals surface area contributed by atoms with Crippen LogP contribution in [-0.4, -0.2) is 84.7 Å². The lowest BCUT2D eigenvalue weighted by Crippen LogP contribution is -2.57. The Bertz CT molecular complexity index is 652. The average molecular weight is 398 g/mol. The van der Waals surface area contributed by atoms with Gasteiger partial charge in [-0.1, -0.05) is 11.6 Å². The van der Waals surface area contributed by atoms with E-state index in [9.17, 15) is 14.3 Å². The number of piperazine rings is 1. The van der Waals surface area contributed by atoms with Crippen LogP contribution in [0.4, 0.5) is 4.39 Å². The maximum atomic E-state index is 13.6. The number of nitrogens with zero attached hydrogens (tertiary/aromatic N) is 3. The van der Waals surface area contributed by atoms with Gasteiger partial charge in [0.05, 0.1) is 10.6 Å². The van der Waals surface area contributed by atoms with Gasteiger partial charge in [0.15, 0.2) is 0 Å². The van der Waals surface area contributed by atoms with E-state index in [0.29, 0.717) is 25.0 Å². The molecule has 0 spiro atoms. The summed E-state index contributed by atoms with van der Waals surface area (Å²) >= 11 is 6.13. The van der Waals surface area contributed by atoms with Crippen LogP contribution in [0.1, 0.15) is 29.6 Å². The summed E-state index contributed by atoms with van der Waals surface area (Å²) in [5.41, 5.74) is 0.232. The van der Waals surface area contributed by atoms with Crippen LogP contribution < -0.4 is 0 Å². The standard InChI is InChI=1S/C20H29ClFN3O2/c1-23-8-10-24(11-9-23)19-6-7-25(14-15(19)3-2-12-26)20(27)17-13-16(22)4-5-18(17)21/h4-5,13,15,19,26H,2-3,6-12,14H2,1H3. The second-order valence-electron chi connectivity index (χ2n) is 7.70. The molecule has 2 saturated heterocycles. The van der Waals surface area contributed by atoms with Gasteiger partial charge in [0.1, 0.15) is 5.82 Å². The van der Waals surface area contributed by atoms with E-state index >= 15 is 0 Å².